The Morgan fingerprint density at radius 2 is 1.80 bits per heavy atom. The first-order valence-electron chi connectivity index (χ1n) is 8.83. The maximum atomic E-state index is 13.0. The molecule has 0 aromatic heterocycles. The fourth-order valence-electron chi connectivity index (χ4n) is 3.71. The lowest BCUT2D eigenvalue weighted by Gasteiger charge is -2.18. The van der Waals surface area contributed by atoms with Crippen LogP contribution in [0.5, 0.6) is 0 Å². The molecule has 1 aliphatic heterocycles. The second-order valence-corrected chi connectivity index (χ2v) is 7.15. The quantitative estimate of drug-likeness (QED) is 0.880. The summed E-state index contributed by atoms with van der Waals surface area (Å²) in [6.45, 7) is 0. The smallest absolute Gasteiger partial charge is 0.416 e. The summed E-state index contributed by atoms with van der Waals surface area (Å²) in [7, 11) is 0. The maximum Gasteiger partial charge on any atom is 0.416 e. The summed E-state index contributed by atoms with van der Waals surface area (Å²) >= 11 is 0. The number of benzene rings is 1. The van der Waals surface area contributed by atoms with Crippen molar-refractivity contribution in [1.82, 2.24) is 5.32 Å². The van der Waals surface area contributed by atoms with Gasteiger partial charge in [0.1, 0.15) is 0 Å². The third kappa shape index (κ3) is 3.26. The van der Waals surface area contributed by atoms with Crippen LogP contribution in [0.25, 0.3) is 5.57 Å². The van der Waals surface area contributed by atoms with Crippen LogP contribution in [0.3, 0.4) is 0 Å². The molecule has 1 unspecified atom stereocenters. The fraction of sp³-hybridized carbons (Fsp3) is 0.526. The van der Waals surface area contributed by atoms with E-state index < -0.39 is 17.8 Å². The molecular weight excluding hydrogens is 331 g/mol. The fourth-order valence-corrected chi connectivity index (χ4v) is 3.71. The Morgan fingerprint density at radius 1 is 1.08 bits per heavy atom. The number of ether oxygens (including phenoxy) is 1. The molecule has 1 aromatic carbocycles. The van der Waals surface area contributed by atoms with Crippen LogP contribution in [0.15, 0.2) is 30.1 Å². The predicted octanol–water partition coefficient (Wildman–Crippen LogP) is 4.28. The van der Waals surface area contributed by atoms with Crippen LogP contribution < -0.4 is 5.32 Å². The Morgan fingerprint density at radius 3 is 2.44 bits per heavy atom. The summed E-state index contributed by atoms with van der Waals surface area (Å²) in [6, 6.07) is 5.22. The van der Waals surface area contributed by atoms with Gasteiger partial charge in [-0.2, -0.15) is 13.2 Å². The highest BCUT2D eigenvalue weighted by Gasteiger charge is 2.43. The molecule has 0 amide bonds. The number of rotatable bonds is 4. The molecule has 0 saturated heterocycles. The van der Waals surface area contributed by atoms with Gasteiger partial charge in [-0.25, -0.2) is 0 Å². The number of alkyl halides is 3. The SMILES string of the molecule is O=C1C(c2cccc(C(F)(F)F)c2)=C(NC2CC2)OC1C1CCCC1. The van der Waals surface area contributed by atoms with E-state index in [2.05, 4.69) is 5.32 Å². The molecule has 6 heteroatoms. The number of ketones is 1. The molecule has 3 nitrogen and oxygen atoms in total. The highest BCUT2D eigenvalue weighted by Crippen LogP contribution is 2.40. The topological polar surface area (TPSA) is 38.3 Å². The van der Waals surface area contributed by atoms with Gasteiger partial charge in [0, 0.05) is 12.0 Å². The van der Waals surface area contributed by atoms with Crippen LogP contribution in [0, 0.1) is 5.92 Å². The Bertz CT molecular complexity index is 716. The van der Waals surface area contributed by atoms with Crippen LogP contribution in [0.2, 0.25) is 0 Å². The van der Waals surface area contributed by atoms with E-state index in [9.17, 15) is 18.0 Å². The number of halogens is 3. The van der Waals surface area contributed by atoms with Crippen molar-refractivity contribution >= 4 is 11.4 Å². The predicted molar refractivity (Wildman–Crippen MR) is 86.4 cm³/mol. The first kappa shape index (κ1) is 16.5. The molecule has 4 rings (SSSR count). The molecule has 2 fully saturated rings. The van der Waals surface area contributed by atoms with E-state index in [0.29, 0.717) is 5.88 Å². The van der Waals surface area contributed by atoms with E-state index in [1.54, 1.807) is 6.07 Å². The highest BCUT2D eigenvalue weighted by atomic mass is 19.4. The minimum Gasteiger partial charge on any atom is -0.467 e. The highest BCUT2D eigenvalue weighted by molar-refractivity contribution is 6.25. The van der Waals surface area contributed by atoms with E-state index >= 15 is 0 Å². The van der Waals surface area contributed by atoms with Gasteiger partial charge in [-0.3, -0.25) is 4.79 Å². The summed E-state index contributed by atoms with van der Waals surface area (Å²) in [5.41, 5.74) is -0.196. The van der Waals surface area contributed by atoms with Crippen molar-refractivity contribution < 1.29 is 22.7 Å². The minimum absolute atomic E-state index is 0.159. The molecule has 134 valence electrons. The second-order valence-electron chi connectivity index (χ2n) is 7.15. The Kier molecular flexibility index (Phi) is 4.01. The lowest BCUT2D eigenvalue weighted by atomic mass is 9.92. The monoisotopic (exact) mass is 351 g/mol. The van der Waals surface area contributed by atoms with Gasteiger partial charge < -0.3 is 10.1 Å². The number of carbonyl (C=O) groups excluding carboxylic acids is 1. The van der Waals surface area contributed by atoms with Gasteiger partial charge in [0.25, 0.3) is 0 Å². The molecule has 0 spiro atoms. The lowest BCUT2D eigenvalue weighted by molar-refractivity contribution is -0.137. The van der Waals surface area contributed by atoms with Crippen molar-refractivity contribution in [3.63, 3.8) is 0 Å². The summed E-state index contributed by atoms with van der Waals surface area (Å²) in [6.07, 6.45) is 0.994. The number of Topliss-reactive ketones (excluding diaryl/α,β-unsaturated/α-hetero) is 1. The molecular formula is C19H20F3NO2. The molecule has 2 saturated carbocycles. The van der Waals surface area contributed by atoms with Gasteiger partial charge in [-0.1, -0.05) is 25.0 Å². The first-order valence-corrected chi connectivity index (χ1v) is 8.83. The summed E-state index contributed by atoms with van der Waals surface area (Å²) < 4.78 is 45.1. The normalized spacial score (nSPS) is 24.8. The molecule has 1 atom stereocenters. The van der Waals surface area contributed by atoms with E-state index in [1.165, 1.54) is 6.07 Å². The van der Waals surface area contributed by atoms with Gasteiger partial charge in [-0.15, -0.1) is 0 Å². The molecule has 1 heterocycles. The van der Waals surface area contributed by atoms with Crippen LogP contribution in [-0.2, 0) is 15.7 Å². The van der Waals surface area contributed by atoms with Crippen molar-refractivity contribution in [2.45, 2.75) is 56.8 Å². The van der Waals surface area contributed by atoms with E-state index in [-0.39, 0.29) is 28.9 Å². The molecule has 0 bridgehead atoms. The first-order chi connectivity index (χ1) is 11.9. The number of carbonyl (C=O) groups is 1. The van der Waals surface area contributed by atoms with E-state index in [0.717, 1.165) is 50.7 Å². The molecule has 3 aliphatic rings. The lowest BCUT2D eigenvalue weighted by Crippen LogP contribution is -2.27. The van der Waals surface area contributed by atoms with Crippen LogP contribution in [0.4, 0.5) is 13.2 Å². The van der Waals surface area contributed by atoms with Crippen molar-refractivity contribution in [1.29, 1.82) is 0 Å². The van der Waals surface area contributed by atoms with E-state index in [1.807, 2.05) is 0 Å². The maximum absolute atomic E-state index is 13.0. The Labute approximate surface area is 144 Å². The average molecular weight is 351 g/mol. The van der Waals surface area contributed by atoms with Crippen molar-refractivity contribution in [3.8, 4) is 0 Å². The van der Waals surface area contributed by atoms with Crippen molar-refractivity contribution in [2.24, 2.45) is 5.92 Å². The van der Waals surface area contributed by atoms with Gasteiger partial charge in [0.05, 0.1) is 11.1 Å². The van der Waals surface area contributed by atoms with Gasteiger partial charge in [-0.05, 0) is 43.4 Å². The van der Waals surface area contributed by atoms with Crippen LogP contribution in [-0.4, -0.2) is 17.9 Å². The van der Waals surface area contributed by atoms with Gasteiger partial charge in [0.15, 0.2) is 12.0 Å². The third-order valence-electron chi connectivity index (χ3n) is 5.20. The van der Waals surface area contributed by atoms with Crippen LogP contribution >= 0.6 is 0 Å². The standard InChI is InChI=1S/C19H20F3NO2/c20-19(21,22)13-7-3-6-12(10-13)15-16(24)17(11-4-1-2-5-11)25-18(15)23-14-8-9-14/h3,6-7,10-11,14,17,23H,1-2,4-5,8-9H2. The average Bonchev–Trinajstić information content (AvgIpc) is 3.10. The zero-order chi connectivity index (χ0) is 17.6. The number of hydrogen-bond acceptors (Lipinski definition) is 3. The number of nitrogens with one attached hydrogen (secondary N) is 1. The van der Waals surface area contributed by atoms with Gasteiger partial charge >= 0.3 is 6.18 Å². The minimum atomic E-state index is -4.44. The Balaban J connectivity index is 1.69. The van der Waals surface area contributed by atoms with Crippen molar-refractivity contribution in [3.05, 3.63) is 41.3 Å². The van der Waals surface area contributed by atoms with Crippen LogP contribution in [0.1, 0.15) is 49.7 Å². The molecule has 25 heavy (non-hydrogen) atoms. The third-order valence-corrected chi connectivity index (χ3v) is 5.20. The second kappa shape index (κ2) is 6.07. The molecule has 2 aliphatic carbocycles. The molecule has 1 aromatic rings. The zero-order valence-corrected chi connectivity index (χ0v) is 13.7. The summed E-state index contributed by atoms with van der Waals surface area (Å²) in [5.74, 6) is 0.338. The number of hydrogen-bond donors (Lipinski definition) is 1. The van der Waals surface area contributed by atoms with Crippen molar-refractivity contribution in [2.75, 3.05) is 0 Å². The summed E-state index contributed by atoms with van der Waals surface area (Å²) in [4.78, 5) is 13.0. The van der Waals surface area contributed by atoms with Gasteiger partial charge in [0.2, 0.25) is 5.78 Å². The summed E-state index contributed by atoms with van der Waals surface area (Å²) in [5, 5.41) is 3.20. The molecule has 1 N–H and O–H groups in total. The Hall–Kier alpha value is -1.98. The zero-order valence-electron chi connectivity index (χ0n) is 13.7. The largest absolute Gasteiger partial charge is 0.467 e. The van der Waals surface area contributed by atoms with E-state index in [4.69, 9.17) is 4.74 Å². The molecule has 0 radical (unpaired) electrons.